The minimum atomic E-state index is 0.114. The van der Waals surface area contributed by atoms with Crippen LogP contribution in [-0.2, 0) is 0 Å². The molecule has 0 spiro atoms. The predicted molar refractivity (Wildman–Crippen MR) is 56.8 cm³/mol. The number of phenols is 1. The van der Waals surface area contributed by atoms with Gasteiger partial charge in [0.15, 0.2) is 0 Å². The van der Waals surface area contributed by atoms with Gasteiger partial charge in [0.05, 0.1) is 0 Å². The van der Waals surface area contributed by atoms with Crippen molar-refractivity contribution in [2.45, 2.75) is 0 Å². The first kappa shape index (κ1) is 9.67. The van der Waals surface area contributed by atoms with Crippen molar-refractivity contribution in [1.82, 2.24) is 15.2 Å². The van der Waals surface area contributed by atoms with E-state index in [1.165, 1.54) is 18.6 Å². The fourth-order valence-corrected chi connectivity index (χ4v) is 1.20. The highest BCUT2D eigenvalue weighted by molar-refractivity contribution is 6.30. The number of aliphatic imine (C=N–C) groups is 1. The Bertz CT molecular complexity index is 481. The molecular weight excluding hydrogens is 216 g/mol. The van der Waals surface area contributed by atoms with Gasteiger partial charge in [-0.2, -0.15) is 10.1 Å². The van der Waals surface area contributed by atoms with Crippen molar-refractivity contribution in [3.8, 4) is 5.75 Å². The number of benzene rings is 1. The summed E-state index contributed by atoms with van der Waals surface area (Å²) in [5, 5.41) is 16.2. The molecule has 1 heterocycles. The van der Waals surface area contributed by atoms with Crippen LogP contribution in [0.15, 0.2) is 29.5 Å². The van der Waals surface area contributed by atoms with E-state index in [1.54, 1.807) is 12.1 Å². The minimum Gasteiger partial charge on any atom is -0.507 e. The number of hydrogen-bond acceptors (Lipinski definition) is 4. The first-order valence-corrected chi connectivity index (χ1v) is 4.51. The lowest BCUT2D eigenvalue weighted by Gasteiger charge is -1.97. The zero-order chi connectivity index (χ0) is 10.7. The van der Waals surface area contributed by atoms with Crippen LogP contribution in [0.25, 0.3) is 0 Å². The summed E-state index contributed by atoms with van der Waals surface area (Å²) in [6.07, 6.45) is 2.81. The maximum absolute atomic E-state index is 9.47. The fourth-order valence-electron chi connectivity index (χ4n) is 1.02. The number of aromatic nitrogens is 3. The summed E-state index contributed by atoms with van der Waals surface area (Å²) in [6, 6.07) is 4.71. The molecule has 0 aliphatic heterocycles. The third-order valence-electron chi connectivity index (χ3n) is 1.72. The second-order valence-electron chi connectivity index (χ2n) is 2.77. The lowest BCUT2D eigenvalue weighted by Crippen LogP contribution is -1.82. The van der Waals surface area contributed by atoms with Crippen molar-refractivity contribution in [3.05, 3.63) is 35.1 Å². The molecule has 1 aromatic heterocycles. The second-order valence-corrected chi connectivity index (χ2v) is 3.21. The summed E-state index contributed by atoms with van der Waals surface area (Å²) in [5.41, 5.74) is 0.527. The van der Waals surface area contributed by atoms with Crippen molar-refractivity contribution in [3.63, 3.8) is 0 Å². The van der Waals surface area contributed by atoms with Gasteiger partial charge < -0.3 is 5.11 Å². The average molecular weight is 223 g/mol. The van der Waals surface area contributed by atoms with E-state index in [1.807, 2.05) is 0 Å². The Kier molecular flexibility index (Phi) is 2.64. The summed E-state index contributed by atoms with van der Waals surface area (Å²) in [5.74, 6) is 0.483. The van der Waals surface area contributed by atoms with Gasteiger partial charge in [0, 0.05) is 16.8 Å². The zero-order valence-electron chi connectivity index (χ0n) is 7.55. The van der Waals surface area contributed by atoms with Crippen LogP contribution in [-0.4, -0.2) is 26.5 Å². The van der Waals surface area contributed by atoms with Crippen LogP contribution in [0.5, 0.6) is 5.75 Å². The molecule has 0 aliphatic carbocycles. The molecule has 2 rings (SSSR count). The zero-order valence-corrected chi connectivity index (χ0v) is 8.31. The summed E-state index contributed by atoms with van der Waals surface area (Å²) >= 11 is 5.77. The van der Waals surface area contributed by atoms with Crippen molar-refractivity contribution in [2.24, 2.45) is 4.99 Å². The van der Waals surface area contributed by atoms with Gasteiger partial charge in [0.25, 0.3) is 0 Å². The standard InChI is InChI=1S/C9H7ClN4O/c10-7-1-2-8(15)6(3-7)4-11-9-12-5-13-14-9/h1-5,15H,(H,12,13,14)/b11-4+. The maximum atomic E-state index is 9.47. The Labute approximate surface area is 90.5 Å². The van der Waals surface area contributed by atoms with Gasteiger partial charge in [-0.1, -0.05) is 11.6 Å². The monoisotopic (exact) mass is 222 g/mol. The molecule has 2 aromatic rings. The van der Waals surface area contributed by atoms with Crippen LogP contribution < -0.4 is 0 Å². The van der Waals surface area contributed by atoms with E-state index in [-0.39, 0.29) is 5.75 Å². The number of nitrogens with zero attached hydrogens (tertiary/aromatic N) is 3. The van der Waals surface area contributed by atoms with Crippen LogP contribution in [0.2, 0.25) is 5.02 Å². The fraction of sp³-hybridized carbons (Fsp3) is 0. The molecule has 0 fully saturated rings. The lowest BCUT2D eigenvalue weighted by molar-refractivity contribution is 0.474. The van der Waals surface area contributed by atoms with E-state index in [9.17, 15) is 5.11 Å². The molecule has 5 nitrogen and oxygen atoms in total. The number of H-pyrrole nitrogens is 1. The second kappa shape index (κ2) is 4.10. The van der Waals surface area contributed by atoms with Crippen LogP contribution in [0.4, 0.5) is 5.95 Å². The molecule has 0 bridgehead atoms. The summed E-state index contributed by atoms with van der Waals surface area (Å²) < 4.78 is 0. The maximum Gasteiger partial charge on any atom is 0.245 e. The molecule has 2 N–H and O–H groups in total. The molecule has 0 unspecified atom stereocenters. The Hall–Kier alpha value is -1.88. The van der Waals surface area contributed by atoms with E-state index in [2.05, 4.69) is 20.2 Å². The Morgan fingerprint density at radius 2 is 2.33 bits per heavy atom. The largest absolute Gasteiger partial charge is 0.507 e. The Morgan fingerprint density at radius 3 is 3.07 bits per heavy atom. The first-order chi connectivity index (χ1) is 7.25. The predicted octanol–water partition coefficient (Wildman–Crippen LogP) is 1.91. The van der Waals surface area contributed by atoms with Crippen molar-refractivity contribution in [1.29, 1.82) is 0 Å². The van der Waals surface area contributed by atoms with Gasteiger partial charge in [-0.15, -0.1) is 0 Å². The van der Waals surface area contributed by atoms with E-state index >= 15 is 0 Å². The molecular formula is C9H7ClN4O. The molecule has 15 heavy (non-hydrogen) atoms. The molecule has 1 aromatic carbocycles. The van der Waals surface area contributed by atoms with Crippen LogP contribution in [0.3, 0.4) is 0 Å². The number of rotatable bonds is 2. The molecule has 0 aliphatic rings. The van der Waals surface area contributed by atoms with Gasteiger partial charge in [-0.25, -0.2) is 10.1 Å². The SMILES string of the molecule is Oc1ccc(Cl)cc1/C=N/c1ncn[nH]1. The molecule has 76 valence electrons. The third kappa shape index (κ3) is 2.32. The average Bonchev–Trinajstić information content (AvgIpc) is 2.72. The number of halogens is 1. The number of nitrogens with one attached hydrogen (secondary N) is 1. The summed E-state index contributed by atoms with van der Waals surface area (Å²) in [6.45, 7) is 0. The van der Waals surface area contributed by atoms with Crippen molar-refractivity contribution < 1.29 is 5.11 Å². The highest BCUT2D eigenvalue weighted by atomic mass is 35.5. The van der Waals surface area contributed by atoms with Gasteiger partial charge in [0.2, 0.25) is 5.95 Å². The Morgan fingerprint density at radius 1 is 1.47 bits per heavy atom. The summed E-state index contributed by atoms with van der Waals surface area (Å²) in [7, 11) is 0. The first-order valence-electron chi connectivity index (χ1n) is 4.13. The van der Waals surface area contributed by atoms with Gasteiger partial charge in [-0.3, -0.25) is 0 Å². The van der Waals surface area contributed by atoms with E-state index in [4.69, 9.17) is 11.6 Å². The van der Waals surface area contributed by atoms with E-state index < -0.39 is 0 Å². The smallest absolute Gasteiger partial charge is 0.245 e. The van der Waals surface area contributed by atoms with E-state index in [0.29, 0.717) is 16.5 Å². The minimum absolute atomic E-state index is 0.114. The number of aromatic hydroxyl groups is 1. The van der Waals surface area contributed by atoms with Gasteiger partial charge in [-0.05, 0) is 18.2 Å². The Balaban J connectivity index is 2.27. The molecule has 0 saturated heterocycles. The quantitative estimate of drug-likeness (QED) is 0.763. The number of phenolic OH excluding ortho intramolecular Hbond substituents is 1. The van der Waals surface area contributed by atoms with E-state index in [0.717, 1.165) is 0 Å². The van der Waals surface area contributed by atoms with Crippen molar-refractivity contribution >= 4 is 23.8 Å². The summed E-state index contributed by atoms with van der Waals surface area (Å²) in [4.78, 5) is 7.77. The van der Waals surface area contributed by atoms with Gasteiger partial charge >= 0.3 is 0 Å². The molecule has 0 saturated carbocycles. The molecule has 0 atom stereocenters. The number of aromatic amines is 1. The number of hydrogen-bond donors (Lipinski definition) is 2. The highest BCUT2D eigenvalue weighted by Gasteiger charge is 1.99. The highest BCUT2D eigenvalue weighted by Crippen LogP contribution is 2.20. The van der Waals surface area contributed by atoms with Gasteiger partial charge in [0.1, 0.15) is 12.1 Å². The normalized spacial score (nSPS) is 11.0. The van der Waals surface area contributed by atoms with Crippen LogP contribution in [0, 0.1) is 0 Å². The topological polar surface area (TPSA) is 74.2 Å². The third-order valence-corrected chi connectivity index (χ3v) is 1.95. The van der Waals surface area contributed by atoms with Crippen LogP contribution >= 0.6 is 11.6 Å². The molecule has 0 amide bonds. The van der Waals surface area contributed by atoms with Crippen LogP contribution in [0.1, 0.15) is 5.56 Å². The molecule has 6 heteroatoms. The van der Waals surface area contributed by atoms with Crippen molar-refractivity contribution in [2.75, 3.05) is 0 Å². The molecule has 0 radical (unpaired) electrons. The lowest BCUT2D eigenvalue weighted by atomic mass is 10.2.